The van der Waals surface area contributed by atoms with Gasteiger partial charge in [-0.3, -0.25) is 4.79 Å². The third-order valence-corrected chi connectivity index (χ3v) is 1.81. The van der Waals surface area contributed by atoms with Crippen LogP contribution in [0.3, 0.4) is 0 Å². The first-order valence-electron chi connectivity index (χ1n) is 3.88. The van der Waals surface area contributed by atoms with Gasteiger partial charge in [-0.05, 0) is 12.0 Å². The molecule has 0 saturated heterocycles. The maximum Gasteiger partial charge on any atom is 0.324 e. The molecule has 0 saturated carbocycles. The van der Waals surface area contributed by atoms with Crippen molar-refractivity contribution >= 4 is 5.97 Å². The van der Waals surface area contributed by atoms with Crippen molar-refractivity contribution in [1.29, 1.82) is 0 Å². The van der Waals surface area contributed by atoms with E-state index < -0.39 is 12.0 Å². The molecule has 1 aliphatic rings. The van der Waals surface area contributed by atoms with E-state index in [1.165, 1.54) is 0 Å². The molecule has 12 heavy (non-hydrogen) atoms. The van der Waals surface area contributed by atoms with Gasteiger partial charge in [-0.25, -0.2) is 0 Å². The summed E-state index contributed by atoms with van der Waals surface area (Å²) in [6.07, 6.45) is 2.59. The lowest BCUT2D eigenvalue weighted by molar-refractivity contribution is -0.138. The molecule has 0 aromatic rings. The van der Waals surface area contributed by atoms with Gasteiger partial charge in [0.05, 0.1) is 6.61 Å². The average Bonchev–Trinajstić information content (AvgIpc) is 2.05. The Balaban J connectivity index is 2.56. The Labute approximate surface area is 71.2 Å². The van der Waals surface area contributed by atoms with E-state index in [1.807, 2.05) is 0 Å². The van der Waals surface area contributed by atoms with Crippen LogP contribution in [0.5, 0.6) is 0 Å². The van der Waals surface area contributed by atoms with Crippen molar-refractivity contribution in [2.45, 2.75) is 12.5 Å². The molecule has 1 aliphatic heterocycles. The second-order valence-corrected chi connectivity index (χ2v) is 2.78. The van der Waals surface area contributed by atoms with Crippen LogP contribution in [-0.2, 0) is 9.53 Å². The van der Waals surface area contributed by atoms with Gasteiger partial charge in [0.2, 0.25) is 0 Å². The maximum absolute atomic E-state index is 10.6. The summed E-state index contributed by atoms with van der Waals surface area (Å²) < 4.78 is 4.92. The molecule has 1 rings (SSSR count). The Bertz CT molecular complexity index is 200. The van der Waals surface area contributed by atoms with Crippen LogP contribution in [0.25, 0.3) is 0 Å². The smallest absolute Gasteiger partial charge is 0.324 e. The van der Waals surface area contributed by atoms with Crippen molar-refractivity contribution in [1.82, 2.24) is 5.32 Å². The standard InChI is InChI=1S/C8H13NO3/c1-12-5-6-2-3-9-7(4-6)8(10)11/h4,7,9H,2-3,5H2,1H3,(H,10,11). The highest BCUT2D eigenvalue weighted by Gasteiger charge is 2.18. The van der Waals surface area contributed by atoms with Crippen molar-refractivity contribution < 1.29 is 14.6 Å². The van der Waals surface area contributed by atoms with Gasteiger partial charge in [-0.1, -0.05) is 6.08 Å². The van der Waals surface area contributed by atoms with E-state index in [4.69, 9.17) is 9.84 Å². The zero-order chi connectivity index (χ0) is 8.97. The van der Waals surface area contributed by atoms with E-state index >= 15 is 0 Å². The molecule has 0 aromatic heterocycles. The van der Waals surface area contributed by atoms with E-state index in [9.17, 15) is 4.79 Å². The second-order valence-electron chi connectivity index (χ2n) is 2.78. The highest BCUT2D eigenvalue weighted by atomic mass is 16.5. The number of carboxylic acids is 1. The molecule has 4 nitrogen and oxygen atoms in total. The molecule has 0 amide bonds. The lowest BCUT2D eigenvalue weighted by Gasteiger charge is -2.18. The summed E-state index contributed by atoms with van der Waals surface area (Å²) in [5.41, 5.74) is 1.06. The van der Waals surface area contributed by atoms with E-state index in [1.54, 1.807) is 13.2 Å². The highest BCUT2D eigenvalue weighted by Crippen LogP contribution is 2.08. The topological polar surface area (TPSA) is 58.6 Å². The van der Waals surface area contributed by atoms with Gasteiger partial charge in [-0.2, -0.15) is 0 Å². The third-order valence-electron chi connectivity index (χ3n) is 1.81. The molecule has 68 valence electrons. The molecule has 1 unspecified atom stereocenters. The number of ether oxygens (including phenoxy) is 1. The fourth-order valence-electron chi connectivity index (χ4n) is 1.23. The van der Waals surface area contributed by atoms with Crippen molar-refractivity contribution in [3.8, 4) is 0 Å². The van der Waals surface area contributed by atoms with E-state index in [2.05, 4.69) is 5.32 Å². The zero-order valence-electron chi connectivity index (χ0n) is 7.04. The molecule has 0 aliphatic carbocycles. The molecule has 1 atom stereocenters. The van der Waals surface area contributed by atoms with Crippen LogP contribution in [0.2, 0.25) is 0 Å². The van der Waals surface area contributed by atoms with Gasteiger partial charge in [0.25, 0.3) is 0 Å². The summed E-state index contributed by atoms with van der Waals surface area (Å²) in [5.74, 6) is -0.830. The predicted molar refractivity (Wildman–Crippen MR) is 44.0 cm³/mol. The summed E-state index contributed by atoms with van der Waals surface area (Å²) in [6.45, 7) is 1.25. The summed E-state index contributed by atoms with van der Waals surface area (Å²) >= 11 is 0. The number of rotatable bonds is 3. The largest absolute Gasteiger partial charge is 0.480 e. The number of nitrogens with one attached hydrogen (secondary N) is 1. The molecule has 1 heterocycles. The minimum absolute atomic E-state index is 0.533. The van der Waals surface area contributed by atoms with Crippen molar-refractivity contribution in [3.63, 3.8) is 0 Å². The molecule has 0 radical (unpaired) electrons. The molecule has 0 spiro atoms. The summed E-state index contributed by atoms with van der Waals surface area (Å²) in [5, 5.41) is 11.6. The normalized spacial score (nSPS) is 23.4. The fraction of sp³-hybridized carbons (Fsp3) is 0.625. The van der Waals surface area contributed by atoms with Gasteiger partial charge < -0.3 is 15.2 Å². The molecule has 2 N–H and O–H groups in total. The van der Waals surface area contributed by atoms with Gasteiger partial charge in [0.15, 0.2) is 0 Å². The van der Waals surface area contributed by atoms with Crippen LogP contribution in [-0.4, -0.2) is 37.4 Å². The van der Waals surface area contributed by atoms with Gasteiger partial charge in [0, 0.05) is 13.7 Å². The van der Waals surface area contributed by atoms with E-state index in [-0.39, 0.29) is 0 Å². The third kappa shape index (κ3) is 2.32. The summed E-state index contributed by atoms with van der Waals surface area (Å²) in [6, 6.07) is -0.538. The minimum Gasteiger partial charge on any atom is -0.480 e. The van der Waals surface area contributed by atoms with Crippen LogP contribution in [0.1, 0.15) is 6.42 Å². The number of methoxy groups -OCH3 is 1. The SMILES string of the molecule is COCC1=CC(C(=O)O)NCC1. The van der Waals surface area contributed by atoms with Crippen molar-refractivity contribution in [2.24, 2.45) is 0 Å². The van der Waals surface area contributed by atoms with E-state index in [0.717, 1.165) is 12.0 Å². The summed E-state index contributed by atoms with van der Waals surface area (Å²) in [4.78, 5) is 10.6. The monoisotopic (exact) mass is 171 g/mol. The summed E-state index contributed by atoms with van der Waals surface area (Å²) in [7, 11) is 1.61. The second kappa shape index (κ2) is 4.23. The number of hydrogen-bond donors (Lipinski definition) is 2. The Morgan fingerprint density at radius 1 is 1.92 bits per heavy atom. The number of hydrogen-bond acceptors (Lipinski definition) is 3. The molecule has 0 bridgehead atoms. The van der Waals surface area contributed by atoms with E-state index in [0.29, 0.717) is 13.2 Å². The van der Waals surface area contributed by atoms with Crippen molar-refractivity contribution in [3.05, 3.63) is 11.6 Å². The highest BCUT2D eigenvalue weighted by molar-refractivity contribution is 5.76. The van der Waals surface area contributed by atoms with Gasteiger partial charge in [-0.15, -0.1) is 0 Å². The zero-order valence-corrected chi connectivity index (χ0v) is 7.04. The van der Waals surface area contributed by atoms with Gasteiger partial charge >= 0.3 is 5.97 Å². The predicted octanol–water partition coefficient (Wildman–Crippen LogP) is 0.00570. The fourth-order valence-corrected chi connectivity index (χ4v) is 1.23. The van der Waals surface area contributed by atoms with Crippen LogP contribution < -0.4 is 5.32 Å². The van der Waals surface area contributed by atoms with Crippen LogP contribution in [0, 0.1) is 0 Å². The van der Waals surface area contributed by atoms with Crippen LogP contribution in [0.4, 0.5) is 0 Å². The average molecular weight is 171 g/mol. The molecule has 0 aromatic carbocycles. The van der Waals surface area contributed by atoms with Gasteiger partial charge in [0.1, 0.15) is 6.04 Å². The number of carboxylic acid groups (broad SMARTS) is 1. The first-order chi connectivity index (χ1) is 5.74. The quantitative estimate of drug-likeness (QED) is 0.587. The number of aliphatic carboxylic acids is 1. The Morgan fingerprint density at radius 2 is 2.67 bits per heavy atom. The lowest BCUT2D eigenvalue weighted by Crippen LogP contribution is -2.39. The molecule has 0 fully saturated rings. The maximum atomic E-state index is 10.6. The Kier molecular flexibility index (Phi) is 3.25. The molecular formula is C8H13NO3. The molecule has 4 heteroatoms. The minimum atomic E-state index is -0.830. The van der Waals surface area contributed by atoms with Crippen molar-refractivity contribution in [2.75, 3.05) is 20.3 Å². The first-order valence-corrected chi connectivity index (χ1v) is 3.88. The Hall–Kier alpha value is -0.870. The number of carbonyl (C=O) groups is 1. The van der Waals surface area contributed by atoms with Crippen LogP contribution >= 0.6 is 0 Å². The Morgan fingerprint density at radius 3 is 3.25 bits per heavy atom. The molecular weight excluding hydrogens is 158 g/mol. The van der Waals surface area contributed by atoms with Crippen LogP contribution in [0.15, 0.2) is 11.6 Å². The first kappa shape index (κ1) is 9.22. The lowest BCUT2D eigenvalue weighted by atomic mass is 10.1.